The van der Waals surface area contributed by atoms with Crippen molar-refractivity contribution in [3.05, 3.63) is 109 Å². The molecule has 6 nitrogen and oxygen atoms in total. The van der Waals surface area contributed by atoms with Crippen molar-refractivity contribution in [2.24, 2.45) is 0 Å². The second-order valence-corrected chi connectivity index (χ2v) is 23.4. The summed E-state index contributed by atoms with van der Waals surface area (Å²) in [4.78, 5) is 38.5. The van der Waals surface area contributed by atoms with Gasteiger partial charge in [0.05, 0.1) is 0 Å². The minimum absolute atomic E-state index is 0.0845. The molecule has 0 aromatic rings. The number of carbonyl (C=O) groups is 3. The minimum atomic E-state index is -0.790. The Labute approximate surface area is 514 Å². The van der Waals surface area contributed by atoms with Crippen molar-refractivity contribution in [1.82, 2.24) is 0 Å². The van der Waals surface area contributed by atoms with E-state index in [1.807, 2.05) is 0 Å². The van der Waals surface area contributed by atoms with Crippen LogP contribution in [0.1, 0.15) is 342 Å². The van der Waals surface area contributed by atoms with Gasteiger partial charge in [-0.2, -0.15) is 0 Å². The Morgan fingerprint density at radius 1 is 0.253 bits per heavy atom. The molecule has 1 atom stereocenters. The Morgan fingerprint density at radius 3 is 0.759 bits per heavy atom. The molecule has 0 saturated carbocycles. The highest BCUT2D eigenvalue weighted by molar-refractivity contribution is 5.71. The zero-order valence-corrected chi connectivity index (χ0v) is 54.7. The molecule has 0 amide bonds. The first-order chi connectivity index (χ1) is 41.0. The lowest BCUT2D eigenvalue weighted by Crippen LogP contribution is -2.30. The Hall–Kier alpha value is -3.93. The minimum Gasteiger partial charge on any atom is -0.462 e. The Kier molecular flexibility index (Phi) is 67.2. The first-order valence-electron chi connectivity index (χ1n) is 35.4. The molecule has 0 fully saturated rings. The van der Waals surface area contributed by atoms with Crippen LogP contribution in [0, 0.1) is 0 Å². The van der Waals surface area contributed by atoms with E-state index >= 15 is 0 Å². The van der Waals surface area contributed by atoms with Gasteiger partial charge >= 0.3 is 17.9 Å². The Balaban J connectivity index is 4.35. The van der Waals surface area contributed by atoms with Gasteiger partial charge in [-0.05, 0) is 128 Å². The molecule has 0 aliphatic rings. The van der Waals surface area contributed by atoms with Crippen molar-refractivity contribution in [2.75, 3.05) is 13.2 Å². The maximum atomic E-state index is 13.0. The molecule has 0 N–H and O–H groups in total. The number of rotatable bonds is 64. The van der Waals surface area contributed by atoms with Gasteiger partial charge in [-0.25, -0.2) is 0 Å². The molecule has 0 bridgehead atoms. The molecule has 0 aromatic heterocycles. The maximum Gasteiger partial charge on any atom is 0.306 e. The number of ether oxygens (including phenoxy) is 3. The van der Waals surface area contributed by atoms with Crippen molar-refractivity contribution in [2.45, 2.75) is 348 Å². The Morgan fingerprint density at radius 2 is 0.470 bits per heavy atom. The molecule has 6 heteroatoms. The number of unbranched alkanes of at least 4 members (excludes halogenated alkanes) is 35. The molecule has 0 radical (unpaired) electrons. The van der Waals surface area contributed by atoms with Gasteiger partial charge in [0.1, 0.15) is 13.2 Å². The lowest BCUT2D eigenvalue weighted by molar-refractivity contribution is -0.167. The molecule has 0 saturated heterocycles. The van der Waals surface area contributed by atoms with E-state index in [1.54, 1.807) is 0 Å². The van der Waals surface area contributed by atoms with Gasteiger partial charge in [-0.15, -0.1) is 0 Å². The average Bonchev–Trinajstić information content (AvgIpc) is 3.49. The molecule has 0 aliphatic carbocycles. The standard InChI is InChI=1S/C77H132O6/c1-4-7-10-13-16-19-22-25-28-30-32-34-36-38-40-42-44-46-49-52-55-58-61-64-67-70-76(79)82-73-74(72-81-75(78)69-66-63-60-57-54-51-48-27-24-21-18-15-12-9-6-3)83-77(80)71-68-65-62-59-56-53-50-47-45-43-41-39-37-35-33-31-29-26-23-20-17-14-11-8-5-2/h7,10,16,18-19,21,23,25-28,31-34,37,39,48,74H,4-6,8-9,11-15,17,20,22,24,29-30,35-36,38,40-47,49-73H2,1-3H3/b10-7-,19-16-,21-18-,26-23-,28-25-,33-31-,34-32-,39-37-,48-27-. The average molecular weight is 1150 g/mol. The highest BCUT2D eigenvalue weighted by atomic mass is 16.6. The molecule has 0 rings (SSSR count). The van der Waals surface area contributed by atoms with Crippen LogP contribution in [0.2, 0.25) is 0 Å². The van der Waals surface area contributed by atoms with E-state index in [4.69, 9.17) is 14.2 Å². The smallest absolute Gasteiger partial charge is 0.306 e. The van der Waals surface area contributed by atoms with Crippen LogP contribution < -0.4 is 0 Å². The van der Waals surface area contributed by atoms with Crippen LogP contribution in [0.25, 0.3) is 0 Å². The van der Waals surface area contributed by atoms with Crippen LogP contribution in [0.3, 0.4) is 0 Å². The SMILES string of the molecule is CC/C=C\C/C=C\C/C=C\C/C=C\CCCCCCCCCCCCCCC(=O)OCC(COC(=O)CCCCCCC/C=C\C/C=C\CCCCC)OC(=O)CCCCCCCCCCCC/C=C\C/C=C\C/C=C\CCCCCCC. The molecular weight excluding hydrogens is 1020 g/mol. The largest absolute Gasteiger partial charge is 0.462 e. The number of hydrogen-bond acceptors (Lipinski definition) is 6. The zero-order valence-electron chi connectivity index (χ0n) is 54.7. The topological polar surface area (TPSA) is 78.9 Å². The predicted molar refractivity (Wildman–Crippen MR) is 362 cm³/mol. The van der Waals surface area contributed by atoms with Crippen LogP contribution in [-0.4, -0.2) is 37.2 Å². The third-order valence-corrected chi connectivity index (χ3v) is 15.2. The van der Waals surface area contributed by atoms with E-state index in [2.05, 4.69) is 130 Å². The van der Waals surface area contributed by atoms with E-state index in [9.17, 15) is 14.4 Å². The van der Waals surface area contributed by atoms with Crippen molar-refractivity contribution in [1.29, 1.82) is 0 Å². The van der Waals surface area contributed by atoms with Crippen LogP contribution in [-0.2, 0) is 28.6 Å². The van der Waals surface area contributed by atoms with Crippen molar-refractivity contribution in [3.63, 3.8) is 0 Å². The summed E-state index contributed by atoms with van der Waals surface area (Å²) in [5.41, 5.74) is 0. The second-order valence-electron chi connectivity index (χ2n) is 23.4. The highest BCUT2D eigenvalue weighted by Crippen LogP contribution is 2.17. The zero-order chi connectivity index (χ0) is 59.9. The lowest BCUT2D eigenvalue weighted by Gasteiger charge is -2.18. The summed E-state index contributed by atoms with van der Waals surface area (Å²) in [6.07, 6.45) is 96.8. The van der Waals surface area contributed by atoms with Gasteiger partial charge in [0.25, 0.3) is 0 Å². The number of hydrogen-bond donors (Lipinski definition) is 0. The summed E-state index contributed by atoms with van der Waals surface area (Å²) in [5, 5.41) is 0. The van der Waals surface area contributed by atoms with Gasteiger partial charge in [0.2, 0.25) is 0 Å². The third kappa shape index (κ3) is 68.7. The summed E-state index contributed by atoms with van der Waals surface area (Å²) in [6.45, 7) is 6.51. The van der Waals surface area contributed by atoms with Crippen molar-refractivity contribution < 1.29 is 28.6 Å². The molecular formula is C77H132O6. The maximum absolute atomic E-state index is 13.0. The monoisotopic (exact) mass is 1150 g/mol. The molecule has 0 spiro atoms. The number of allylic oxidation sites excluding steroid dienone is 18. The molecule has 476 valence electrons. The second kappa shape index (κ2) is 70.6. The summed E-state index contributed by atoms with van der Waals surface area (Å²) in [7, 11) is 0. The van der Waals surface area contributed by atoms with Crippen molar-refractivity contribution >= 4 is 17.9 Å². The van der Waals surface area contributed by atoms with Gasteiger partial charge < -0.3 is 14.2 Å². The Bertz CT molecular complexity index is 1660. The fourth-order valence-electron chi connectivity index (χ4n) is 9.94. The van der Waals surface area contributed by atoms with E-state index in [0.29, 0.717) is 19.3 Å². The first kappa shape index (κ1) is 79.1. The van der Waals surface area contributed by atoms with Crippen molar-refractivity contribution in [3.8, 4) is 0 Å². The van der Waals surface area contributed by atoms with Gasteiger partial charge in [-0.3, -0.25) is 14.4 Å². The fraction of sp³-hybridized carbons (Fsp3) is 0.727. The lowest BCUT2D eigenvalue weighted by atomic mass is 10.0. The van der Waals surface area contributed by atoms with Crippen LogP contribution in [0.4, 0.5) is 0 Å². The fourth-order valence-corrected chi connectivity index (χ4v) is 9.94. The third-order valence-electron chi connectivity index (χ3n) is 15.2. The van der Waals surface area contributed by atoms with E-state index < -0.39 is 6.10 Å². The van der Waals surface area contributed by atoms with Crippen LogP contribution >= 0.6 is 0 Å². The van der Waals surface area contributed by atoms with Gasteiger partial charge in [0, 0.05) is 19.3 Å². The summed E-state index contributed by atoms with van der Waals surface area (Å²) in [6, 6.07) is 0. The van der Waals surface area contributed by atoms with Gasteiger partial charge in [0.15, 0.2) is 6.10 Å². The molecule has 1 unspecified atom stereocenters. The summed E-state index contributed by atoms with van der Waals surface area (Å²) in [5.74, 6) is -0.891. The predicted octanol–water partition coefficient (Wildman–Crippen LogP) is 24.6. The molecule has 0 aromatic carbocycles. The highest BCUT2D eigenvalue weighted by Gasteiger charge is 2.19. The number of carbonyl (C=O) groups excluding carboxylic acids is 3. The molecule has 83 heavy (non-hydrogen) atoms. The van der Waals surface area contributed by atoms with E-state index in [-0.39, 0.29) is 31.1 Å². The summed E-state index contributed by atoms with van der Waals surface area (Å²) < 4.78 is 17.0. The summed E-state index contributed by atoms with van der Waals surface area (Å²) >= 11 is 0. The molecule has 0 heterocycles. The molecule has 0 aliphatic heterocycles. The van der Waals surface area contributed by atoms with E-state index in [0.717, 1.165) is 116 Å². The van der Waals surface area contributed by atoms with Crippen LogP contribution in [0.15, 0.2) is 109 Å². The van der Waals surface area contributed by atoms with Crippen LogP contribution in [0.5, 0.6) is 0 Å². The normalized spacial score (nSPS) is 12.8. The van der Waals surface area contributed by atoms with E-state index in [1.165, 1.54) is 186 Å². The first-order valence-corrected chi connectivity index (χ1v) is 35.4. The van der Waals surface area contributed by atoms with Gasteiger partial charge in [-0.1, -0.05) is 304 Å². The number of esters is 3. The quantitative estimate of drug-likeness (QED) is 0.0261.